The van der Waals surface area contributed by atoms with Crippen LogP contribution in [0.4, 0.5) is 4.79 Å². The lowest BCUT2D eigenvalue weighted by Gasteiger charge is -2.22. The van der Waals surface area contributed by atoms with Crippen LogP contribution in [0.5, 0.6) is 0 Å². The van der Waals surface area contributed by atoms with Gasteiger partial charge in [0.25, 0.3) is 0 Å². The molecule has 3 N–H and O–H groups in total. The largest absolute Gasteiger partial charge is 0.444 e. The van der Waals surface area contributed by atoms with Gasteiger partial charge >= 0.3 is 6.09 Å². The van der Waals surface area contributed by atoms with E-state index in [2.05, 4.69) is 5.32 Å². The van der Waals surface area contributed by atoms with Gasteiger partial charge in [-0.2, -0.15) is 0 Å². The molecule has 1 atom stereocenters. The van der Waals surface area contributed by atoms with E-state index in [9.17, 15) is 9.59 Å². The fraction of sp³-hybridized carbons (Fsp3) is 0.818. The van der Waals surface area contributed by atoms with E-state index < -0.39 is 23.6 Å². The number of nitrogens with one attached hydrogen (secondary N) is 1. The highest BCUT2D eigenvalue weighted by atomic mass is 16.6. The highest BCUT2D eigenvalue weighted by Crippen LogP contribution is 2.33. The molecule has 0 aromatic heterocycles. The second kappa shape index (κ2) is 4.72. The Kier molecular flexibility index (Phi) is 3.78. The lowest BCUT2D eigenvalue weighted by molar-refractivity contribution is -0.120. The first-order chi connectivity index (χ1) is 7.28. The molecule has 1 aliphatic rings. The average molecular weight is 228 g/mol. The number of nitrogens with two attached hydrogens (primary N) is 1. The predicted octanol–water partition coefficient (Wildman–Crippen LogP) is 1.17. The van der Waals surface area contributed by atoms with E-state index in [-0.39, 0.29) is 0 Å². The molecule has 5 nitrogen and oxygen atoms in total. The Hall–Kier alpha value is -1.26. The van der Waals surface area contributed by atoms with Gasteiger partial charge in [-0.15, -0.1) is 0 Å². The summed E-state index contributed by atoms with van der Waals surface area (Å²) in [4.78, 5) is 22.6. The fourth-order valence-electron chi connectivity index (χ4n) is 1.38. The summed E-state index contributed by atoms with van der Waals surface area (Å²) in [7, 11) is 0. The third-order valence-corrected chi connectivity index (χ3v) is 2.30. The molecule has 2 amide bonds. The second-order valence-electron chi connectivity index (χ2n) is 5.28. The Morgan fingerprint density at radius 3 is 2.38 bits per heavy atom. The summed E-state index contributed by atoms with van der Waals surface area (Å²) in [6.45, 7) is 5.31. The van der Waals surface area contributed by atoms with Crippen molar-refractivity contribution in [1.29, 1.82) is 0 Å². The highest BCUT2D eigenvalue weighted by molar-refractivity contribution is 5.84. The van der Waals surface area contributed by atoms with E-state index in [0.29, 0.717) is 12.3 Å². The number of carbonyl (C=O) groups excluding carboxylic acids is 2. The molecule has 0 radical (unpaired) electrons. The maximum Gasteiger partial charge on any atom is 0.408 e. The van der Waals surface area contributed by atoms with Gasteiger partial charge in [0, 0.05) is 0 Å². The first kappa shape index (κ1) is 12.8. The Balaban J connectivity index is 2.41. The molecule has 1 unspecified atom stereocenters. The van der Waals surface area contributed by atoms with Crippen LogP contribution in [0.2, 0.25) is 0 Å². The summed E-state index contributed by atoms with van der Waals surface area (Å²) in [6, 6.07) is -0.609. The minimum Gasteiger partial charge on any atom is -0.444 e. The van der Waals surface area contributed by atoms with Gasteiger partial charge in [-0.3, -0.25) is 4.79 Å². The monoisotopic (exact) mass is 228 g/mol. The molecule has 0 bridgehead atoms. The van der Waals surface area contributed by atoms with Crippen LogP contribution in [0.25, 0.3) is 0 Å². The van der Waals surface area contributed by atoms with Crippen LogP contribution >= 0.6 is 0 Å². The van der Waals surface area contributed by atoms with Gasteiger partial charge in [0.15, 0.2) is 0 Å². The third-order valence-electron chi connectivity index (χ3n) is 2.30. The summed E-state index contributed by atoms with van der Waals surface area (Å²) >= 11 is 0. The molecular formula is C11H20N2O3. The van der Waals surface area contributed by atoms with Gasteiger partial charge in [-0.1, -0.05) is 12.8 Å². The van der Waals surface area contributed by atoms with Gasteiger partial charge in [0.2, 0.25) is 5.91 Å². The molecule has 1 saturated carbocycles. The zero-order valence-corrected chi connectivity index (χ0v) is 10.1. The van der Waals surface area contributed by atoms with Crippen molar-refractivity contribution in [3.05, 3.63) is 0 Å². The van der Waals surface area contributed by atoms with E-state index >= 15 is 0 Å². The average Bonchev–Trinajstić information content (AvgIpc) is 2.82. The zero-order valence-electron chi connectivity index (χ0n) is 10.1. The number of hydrogen-bond donors (Lipinski definition) is 2. The molecule has 16 heavy (non-hydrogen) atoms. The van der Waals surface area contributed by atoms with Crippen molar-refractivity contribution in [2.24, 2.45) is 11.7 Å². The van der Waals surface area contributed by atoms with E-state index in [1.165, 1.54) is 0 Å². The molecule has 1 rings (SSSR count). The molecule has 1 fully saturated rings. The van der Waals surface area contributed by atoms with Crippen LogP contribution in [-0.4, -0.2) is 23.6 Å². The maximum atomic E-state index is 11.4. The predicted molar refractivity (Wildman–Crippen MR) is 59.7 cm³/mol. The SMILES string of the molecule is CC(C)(C)OC(=O)NC(CC1CC1)C(N)=O. The first-order valence-electron chi connectivity index (χ1n) is 5.57. The summed E-state index contributed by atoms with van der Waals surface area (Å²) < 4.78 is 5.06. The molecule has 0 spiro atoms. The Labute approximate surface area is 95.7 Å². The van der Waals surface area contributed by atoms with Crippen molar-refractivity contribution >= 4 is 12.0 Å². The second-order valence-corrected chi connectivity index (χ2v) is 5.28. The molecule has 92 valence electrons. The standard InChI is InChI=1S/C11H20N2O3/c1-11(2,3)16-10(15)13-8(9(12)14)6-7-4-5-7/h7-8H,4-6H2,1-3H3,(H2,12,14)(H,13,15). The van der Waals surface area contributed by atoms with Crippen LogP contribution in [0.15, 0.2) is 0 Å². The Bertz CT molecular complexity index is 279. The topological polar surface area (TPSA) is 81.4 Å². The highest BCUT2D eigenvalue weighted by Gasteiger charge is 2.30. The van der Waals surface area contributed by atoms with Crippen LogP contribution in [0.1, 0.15) is 40.0 Å². The summed E-state index contributed by atoms with van der Waals surface area (Å²) in [5.74, 6) is 0.0187. The van der Waals surface area contributed by atoms with Crippen molar-refractivity contribution < 1.29 is 14.3 Å². The summed E-state index contributed by atoms with van der Waals surface area (Å²) in [5.41, 5.74) is 4.65. The fourth-order valence-corrected chi connectivity index (χ4v) is 1.38. The molecule has 0 saturated heterocycles. The summed E-state index contributed by atoms with van der Waals surface area (Å²) in [5, 5.41) is 2.51. The van der Waals surface area contributed by atoms with E-state index in [4.69, 9.17) is 10.5 Å². The van der Waals surface area contributed by atoms with Crippen LogP contribution < -0.4 is 11.1 Å². The summed E-state index contributed by atoms with van der Waals surface area (Å²) in [6.07, 6.45) is 2.26. The minimum atomic E-state index is -0.609. The van der Waals surface area contributed by atoms with E-state index in [1.54, 1.807) is 20.8 Å². The Morgan fingerprint density at radius 1 is 1.44 bits per heavy atom. The van der Waals surface area contributed by atoms with Crippen LogP contribution in [-0.2, 0) is 9.53 Å². The molecule has 0 aromatic rings. The van der Waals surface area contributed by atoms with Crippen molar-refractivity contribution in [3.8, 4) is 0 Å². The number of carbonyl (C=O) groups is 2. The normalized spacial score (nSPS) is 17.7. The minimum absolute atomic E-state index is 0.502. The van der Waals surface area contributed by atoms with Crippen LogP contribution in [0, 0.1) is 5.92 Å². The number of hydrogen-bond acceptors (Lipinski definition) is 3. The van der Waals surface area contributed by atoms with E-state index in [1.807, 2.05) is 0 Å². The molecule has 0 heterocycles. The van der Waals surface area contributed by atoms with Gasteiger partial charge < -0.3 is 15.8 Å². The van der Waals surface area contributed by atoms with E-state index in [0.717, 1.165) is 12.8 Å². The number of amides is 2. The number of alkyl carbamates (subject to hydrolysis) is 1. The van der Waals surface area contributed by atoms with Crippen molar-refractivity contribution in [1.82, 2.24) is 5.32 Å². The quantitative estimate of drug-likeness (QED) is 0.757. The molecule has 1 aliphatic carbocycles. The zero-order chi connectivity index (χ0) is 12.3. The first-order valence-corrected chi connectivity index (χ1v) is 5.57. The molecule has 0 aliphatic heterocycles. The third kappa shape index (κ3) is 5.00. The number of rotatable bonds is 4. The number of ether oxygens (including phenoxy) is 1. The van der Waals surface area contributed by atoms with Crippen molar-refractivity contribution in [2.45, 2.75) is 51.7 Å². The molecule has 0 aromatic carbocycles. The number of primary amides is 1. The van der Waals surface area contributed by atoms with Crippen molar-refractivity contribution in [2.75, 3.05) is 0 Å². The molecular weight excluding hydrogens is 208 g/mol. The van der Waals surface area contributed by atoms with Crippen molar-refractivity contribution in [3.63, 3.8) is 0 Å². The van der Waals surface area contributed by atoms with Crippen LogP contribution in [0.3, 0.4) is 0 Å². The van der Waals surface area contributed by atoms with Gasteiger partial charge in [-0.25, -0.2) is 4.79 Å². The lowest BCUT2D eigenvalue weighted by Crippen LogP contribution is -2.46. The smallest absolute Gasteiger partial charge is 0.408 e. The van der Waals surface area contributed by atoms with Gasteiger partial charge in [0.1, 0.15) is 11.6 Å². The Morgan fingerprint density at radius 2 is 2.00 bits per heavy atom. The molecule has 5 heteroatoms. The maximum absolute atomic E-state index is 11.4. The van der Waals surface area contributed by atoms with Gasteiger partial charge in [0.05, 0.1) is 0 Å². The lowest BCUT2D eigenvalue weighted by atomic mass is 10.1. The van der Waals surface area contributed by atoms with Gasteiger partial charge in [-0.05, 0) is 33.1 Å².